The Balaban J connectivity index is 1.27. The first-order valence-corrected chi connectivity index (χ1v) is 10.2. The van der Waals surface area contributed by atoms with Gasteiger partial charge in [-0.3, -0.25) is 4.79 Å². The largest absolute Gasteiger partial charge is 0.354 e. The molecule has 4 rings (SSSR count). The fraction of sp³-hybridized carbons (Fsp3) is 0.722. The SMILES string of the molecule is Cc1ccc(N2CC3CN(C(=O)CSC4CCCC4)CC3C2)nn1. The number of carbonyl (C=O) groups excluding carboxylic acids is 1. The summed E-state index contributed by atoms with van der Waals surface area (Å²) in [6, 6.07) is 4.08. The van der Waals surface area contributed by atoms with E-state index in [1.807, 2.05) is 24.8 Å². The maximum atomic E-state index is 12.5. The van der Waals surface area contributed by atoms with Crippen LogP contribution in [-0.4, -0.2) is 58.2 Å². The molecule has 3 aliphatic rings. The molecule has 5 nitrogen and oxygen atoms in total. The van der Waals surface area contributed by atoms with E-state index < -0.39 is 0 Å². The summed E-state index contributed by atoms with van der Waals surface area (Å²) >= 11 is 1.89. The third kappa shape index (κ3) is 3.39. The summed E-state index contributed by atoms with van der Waals surface area (Å²) in [6.45, 7) is 5.81. The van der Waals surface area contributed by atoms with Crippen molar-refractivity contribution in [3.05, 3.63) is 17.8 Å². The zero-order chi connectivity index (χ0) is 16.5. The number of thioether (sulfide) groups is 1. The van der Waals surface area contributed by atoms with E-state index in [0.717, 1.165) is 42.9 Å². The number of hydrogen-bond donors (Lipinski definition) is 0. The maximum absolute atomic E-state index is 12.5. The average molecular weight is 347 g/mol. The Morgan fingerprint density at radius 2 is 1.83 bits per heavy atom. The van der Waals surface area contributed by atoms with Gasteiger partial charge in [-0.15, -0.1) is 16.9 Å². The number of anilines is 1. The highest BCUT2D eigenvalue weighted by Crippen LogP contribution is 2.34. The Morgan fingerprint density at radius 3 is 2.46 bits per heavy atom. The van der Waals surface area contributed by atoms with Gasteiger partial charge in [-0.05, 0) is 31.9 Å². The summed E-state index contributed by atoms with van der Waals surface area (Å²) in [6.07, 6.45) is 5.29. The number of hydrogen-bond acceptors (Lipinski definition) is 5. The van der Waals surface area contributed by atoms with Gasteiger partial charge in [0.25, 0.3) is 0 Å². The lowest BCUT2D eigenvalue weighted by atomic mass is 10.0. The fourth-order valence-electron chi connectivity index (χ4n) is 4.28. The van der Waals surface area contributed by atoms with Crippen LogP contribution in [0.4, 0.5) is 5.82 Å². The van der Waals surface area contributed by atoms with Gasteiger partial charge >= 0.3 is 0 Å². The Kier molecular flexibility index (Phi) is 4.66. The number of aromatic nitrogens is 2. The molecule has 0 spiro atoms. The zero-order valence-corrected chi connectivity index (χ0v) is 15.2. The lowest BCUT2D eigenvalue weighted by molar-refractivity contribution is -0.127. The summed E-state index contributed by atoms with van der Waals surface area (Å²) in [5.74, 6) is 3.19. The Hall–Kier alpha value is -1.30. The second-order valence-electron chi connectivity index (χ2n) is 7.47. The van der Waals surface area contributed by atoms with Crippen LogP contribution >= 0.6 is 11.8 Å². The van der Waals surface area contributed by atoms with Gasteiger partial charge in [0.2, 0.25) is 5.91 Å². The van der Waals surface area contributed by atoms with Crippen LogP contribution < -0.4 is 4.90 Å². The summed E-state index contributed by atoms with van der Waals surface area (Å²) in [5, 5.41) is 9.20. The number of fused-ring (bicyclic) bond motifs is 1. The van der Waals surface area contributed by atoms with Gasteiger partial charge in [-0.1, -0.05) is 12.8 Å². The van der Waals surface area contributed by atoms with Gasteiger partial charge in [0.05, 0.1) is 11.4 Å². The van der Waals surface area contributed by atoms with E-state index in [9.17, 15) is 4.79 Å². The van der Waals surface area contributed by atoms with Crippen molar-refractivity contribution in [1.29, 1.82) is 0 Å². The highest BCUT2D eigenvalue weighted by molar-refractivity contribution is 8.00. The Labute approximate surface area is 148 Å². The number of aryl methyl sites for hydroxylation is 1. The predicted molar refractivity (Wildman–Crippen MR) is 97.3 cm³/mol. The minimum Gasteiger partial charge on any atom is -0.354 e. The topological polar surface area (TPSA) is 49.3 Å². The summed E-state index contributed by atoms with van der Waals surface area (Å²) < 4.78 is 0. The van der Waals surface area contributed by atoms with Crippen LogP contribution in [0.5, 0.6) is 0 Å². The van der Waals surface area contributed by atoms with Gasteiger partial charge in [-0.25, -0.2) is 0 Å². The highest BCUT2D eigenvalue weighted by Gasteiger charge is 2.42. The summed E-state index contributed by atoms with van der Waals surface area (Å²) in [7, 11) is 0. The molecule has 1 saturated carbocycles. The molecule has 130 valence electrons. The number of rotatable bonds is 4. The first-order chi connectivity index (χ1) is 11.7. The van der Waals surface area contributed by atoms with Crippen LogP contribution in [0.25, 0.3) is 0 Å². The first kappa shape index (κ1) is 16.2. The number of likely N-dealkylation sites (tertiary alicyclic amines) is 1. The van der Waals surface area contributed by atoms with Crippen LogP contribution in [0.15, 0.2) is 12.1 Å². The summed E-state index contributed by atoms with van der Waals surface area (Å²) in [4.78, 5) is 16.9. The van der Waals surface area contributed by atoms with E-state index in [1.54, 1.807) is 0 Å². The van der Waals surface area contributed by atoms with Gasteiger partial charge in [0.15, 0.2) is 5.82 Å². The van der Waals surface area contributed by atoms with E-state index in [2.05, 4.69) is 26.1 Å². The molecule has 1 aliphatic carbocycles. The van der Waals surface area contributed by atoms with Crippen molar-refractivity contribution < 1.29 is 4.79 Å². The molecule has 1 aromatic rings. The van der Waals surface area contributed by atoms with Crippen molar-refractivity contribution in [2.24, 2.45) is 11.8 Å². The molecule has 2 atom stereocenters. The number of carbonyl (C=O) groups is 1. The van der Waals surface area contributed by atoms with Gasteiger partial charge in [0.1, 0.15) is 0 Å². The van der Waals surface area contributed by atoms with E-state index in [-0.39, 0.29) is 0 Å². The standard InChI is InChI=1S/C18H26N4OS/c1-13-6-7-17(20-19-13)21-8-14-10-22(11-15(14)9-21)18(23)12-24-16-4-2-3-5-16/h6-7,14-16H,2-5,8-12H2,1H3. The molecule has 0 aromatic carbocycles. The van der Waals surface area contributed by atoms with E-state index in [1.165, 1.54) is 25.7 Å². The van der Waals surface area contributed by atoms with Crippen molar-refractivity contribution in [2.75, 3.05) is 36.8 Å². The molecule has 1 amide bonds. The minimum atomic E-state index is 0.350. The Bertz CT molecular complexity index is 573. The molecular weight excluding hydrogens is 320 g/mol. The van der Waals surface area contributed by atoms with Crippen molar-refractivity contribution in [3.8, 4) is 0 Å². The molecule has 0 bridgehead atoms. The van der Waals surface area contributed by atoms with Crippen LogP contribution in [0.2, 0.25) is 0 Å². The fourth-order valence-corrected chi connectivity index (χ4v) is 5.51. The molecule has 2 unspecified atom stereocenters. The first-order valence-electron chi connectivity index (χ1n) is 9.13. The molecule has 6 heteroatoms. The van der Waals surface area contributed by atoms with Crippen molar-refractivity contribution in [1.82, 2.24) is 15.1 Å². The maximum Gasteiger partial charge on any atom is 0.232 e. The minimum absolute atomic E-state index is 0.350. The van der Waals surface area contributed by atoms with E-state index in [0.29, 0.717) is 23.5 Å². The lowest BCUT2D eigenvalue weighted by Gasteiger charge is -2.22. The third-order valence-electron chi connectivity index (χ3n) is 5.69. The smallest absolute Gasteiger partial charge is 0.232 e. The van der Waals surface area contributed by atoms with E-state index in [4.69, 9.17) is 0 Å². The normalized spacial score (nSPS) is 27.0. The van der Waals surface area contributed by atoms with Gasteiger partial charge in [-0.2, -0.15) is 5.10 Å². The van der Waals surface area contributed by atoms with Gasteiger partial charge < -0.3 is 9.80 Å². The van der Waals surface area contributed by atoms with Crippen LogP contribution in [-0.2, 0) is 4.79 Å². The predicted octanol–water partition coefficient (Wildman–Crippen LogP) is 2.36. The number of amides is 1. The molecule has 3 fully saturated rings. The molecule has 2 aliphatic heterocycles. The monoisotopic (exact) mass is 346 g/mol. The molecular formula is C18H26N4OS. The third-order valence-corrected chi connectivity index (χ3v) is 7.05. The molecule has 2 saturated heterocycles. The average Bonchev–Trinajstić information content (AvgIpc) is 3.29. The molecule has 3 heterocycles. The lowest BCUT2D eigenvalue weighted by Crippen LogP contribution is -2.34. The van der Waals surface area contributed by atoms with Crippen LogP contribution in [0.1, 0.15) is 31.4 Å². The van der Waals surface area contributed by atoms with Crippen LogP contribution in [0.3, 0.4) is 0 Å². The van der Waals surface area contributed by atoms with Crippen LogP contribution in [0, 0.1) is 18.8 Å². The van der Waals surface area contributed by atoms with Crippen molar-refractivity contribution in [3.63, 3.8) is 0 Å². The molecule has 24 heavy (non-hydrogen) atoms. The second-order valence-corrected chi connectivity index (χ2v) is 8.76. The Morgan fingerprint density at radius 1 is 1.12 bits per heavy atom. The number of nitrogens with zero attached hydrogens (tertiary/aromatic N) is 4. The zero-order valence-electron chi connectivity index (χ0n) is 14.4. The second kappa shape index (κ2) is 6.90. The van der Waals surface area contributed by atoms with Gasteiger partial charge in [0, 0.05) is 43.3 Å². The quantitative estimate of drug-likeness (QED) is 0.838. The molecule has 0 N–H and O–H groups in total. The molecule has 0 radical (unpaired) electrons. The highest BCUT2D eigenvalue weighted by atomic mass is 32.2. The summed E-state index contributed by atoms with van der Waals surface area (Å²) in [5.41, 5.74) is 0.953. The van der Waals surface area contributed by atoms with Crippen molar-refractivity contribution in [2.45, 2.75) is 37.9 Å². The van der Waals surface area contributed by atoms with E-state index >= 15 is 0 Å². The van der Waals surface area contributed by atoms with Crippen molar-refractivity contribution >= 4 is 23.5 Å². The molecule has 1 aromatic heterocycles.